The van der Waals surface area contributed by atoms with Crippen molar-refractivity contribution in [1.82, 2.24) is 10.2 Å². The van der Waals surface area contributed by atoms with Crippen LogP contribution in [0.2, 0.25) is 0 Å². The summed E-state index contributed by atoms with van der Waals surface area (Å²) in [5, 5.41) is 10.3. The lowest BCUT2D eigenvalue weighted by atomic mass is 9.98. The van der Waals surface area contributed by atoms with E-state index in [2.05, 4.69) is 29.4 Å². The number of anilines is 1. The zero-order valence-corrected chi connectivity index (χ0v) is 17.5. The van der Waals surface area contributed by atoms with Crippen molar-refractivity contribution in [2.75, 3.05) is 5.32 Å². The van der Waals surface area contributed by atoms with Crippen molar-refractivity contribution in [3.8, 4) is 0 Å². The fourth-order valence-electron chi connectivity index (χ4n) is 3.30. The summed E-state index contributed by atoms with van der Waals surface area (Å²) in [7, 11) is 0. The van der Waals surface area contributed by atoms with E-state index in [-0.39, 0.29) is 17.9 Å². The third-order valence-corrected chi connectivity index (χ3v) is 4.94. The molecule has 0 radical (unpaired) electrons. The minimum absolute atomic E-state index is 0.156. The molecule has 156 valence electrons. The predicted molar refractivity (Wildman–Crippen MR) is 116 cm³/mol. The van der Waals surface area contributed by atoms with Crippen molar-refractivity contribution in [1.29, 1.82) is 0 Å². The molecule has 0 aliphatic rings. The van der Waals surface area contributed by atoms with Crippen LogP contribution in [0.25, 0.3) is 10.8 Å². The Morgan fingerprint density at radius 2 is 1.77 bits per heavy atom. The first-order valence-corrected chi connectivity index (χ1v) is 9.84. The lowest BCUT2D eigenvalue weighted by Gasteiger charge is -2.19. The van der Waals surface area contributed by atoms with E-state index in [0.29, 0.717) is 16.5 Å². The number of nitrogens with one attached hydrogen (secondary N) is 2. The van der Waals surface area contributed by atoms with Crippen LogP contribution in [0, 0.1) is 6.92 Å². The summed E-state index contributed by atoms with van der Waals surface area (Å²) >= 11 is 0. The van der Waals surface area contributed by atoms with Crippen molar-refractivity contribution in [2.24, 2.45) is 0 Å². The van der Waals surface area contributed by atoms with Crippen LogP contribution in [0.4, 0.5) is 5.69 Å². The molecule has 3 rings (SSSR count). The highest BCUT2D eigenvalue weighted by Gasteiger charge is 2.21. The van der Waals surface area contributed by atoms with Gasteiger partial charge in [0.25, 0.3) is 11.5 Å². The van der Waals surface area contributed by atoms with Crippen LogP contribution in [0.15, 0.2) is 47.3 Å². The van der Waals surface area contributed by atoms with E-state index in [1.54, 1.807) is 24.3 Å². The van der Waals surface area contributed by atoms with E-state index in [1.807, 2.05) is 25.1 Å². The summed E-state index contributed by atoms with van der Waals surface area (Å²) < 4.78 is 5.32. The molecule has 1 amide bonds. The molecule has 30 heavy (non-hydrogen) atoms. The highest BCUT2D eigenvalue weighted by Crippen LogP contribution is 2.27. The van der Waals surface area contributed by atoms with Crippen LogP contribution in [0.5, 0.6) is 0 Å². The molecule has 0 aliphatic carbocycles. The lowest BCUT2D eigenvalue weighted by Crippen LogP contribution is -2.31. The van der Waals surface area contributed by atoms with Crippen molar-refractivity contribution >= 4 is 28.3 Å². The maximum Gasteiger partial charge on any atom is 0.312 e. The maximum atomic E-state index is 12.6. The summed E-state index contributed by atoms with van der Waals surface area (Å²) in [6.07, 6.45) is -1.14. The summed E-state index contributed by atoms with van der Waals surface area (Å²) in [5.41, 5.74) is 2.77. The third-order valence-electron chi connectivity index (χ3n) is 4.94. The van der Waals surface area contributed by atoms with Crippen molar-refractivity contribution in [3.63, 3.8) is 0 Å². The number of aromatic nitrogens is 2. The zero-order valence-electron chi connectivity index (χ0n) is 17.5. The van der Waals surface area contributed by atoms with Gasteiger partial charge in [0.1, 0.15) is 0 Å². The number of hydrogen-bond donors (Lipinski definition) is 2. The van der Waals surface area contributed by atoms with Crippen LogP contribution >= 0.6 is 0 Å². The second-order valence-corrected chi connectivity index (χ2v) is 7.54. The number of fused-ring (bicyclic) bond motifs is 1. The number of hydrogen-bond acceptors (Lipinski definition) is 5. The predicted octanol–water partition coefficient (Wildman–Crippen LogP) is 3.47. The number of H-pyrrole nitrogens is 1. The average Bonchev–Trinajstić information content (AvgIpc) is 2.71. The Kier molecular flexibility index (Phi) is 6.30. The SMILES string of the molecule is Cc1cccc(C(C)C)c1NC(=O)[C@H](C)OC(=O)Cc1n[nH]c(=O)c2ccccc12. The quantitative estimate of drug-likeness (QED) is 0.610. The molecule has 3 aromatic rings. The molecule has 2 N–H and O–H groups in total. The second-order valence-electron chi connectivity index (χ2n) is 7.54. The molecule has 0 unspecified atom stereocenters. The Morgan fingerprint density at radius 1 is 1.07 bits per heavy atom. The van der Waals surface area contributed by atoms with Crippen LogP contribution < -0.4 is 10.9 Å². The number of carbonyl (C=O) groups excluding carboxylic acids is 2. The number of aryl methyl sites for hydroxylation is 1. The van der Waals surface area contributed by atoms with Crippen LogP contribution in [-0.4, -0.2) is 28.2 Å². The Hall–Kier alpha value is -3.48. The number of para-hydroxylation sites is 1. The van der Waals surface area contributed by atoms with Crippen molar-refractivity contribution in [3.05, 3.63) is 69.6 Å². The highest BCUT2D eigenvalue weighted by atomic mass is 16.5. The van der Waals surface area contributed by atoms with E-state index in [0.717, 1.165) is 16.8 Å². The van der Waals surface area contributed by atoms with Crippen molar-refractivity contribution in [2.45, 2.75) is 46.1 Å². The zero-order chi connectivity index (χ0) is 21.8. The van der Waals surface area contributed by atoms with Crippen molar-refractivity contribution < 1.29 is 14.3 Å². The molecular weight excluding hydrogens is 382 g/mol. The number of carbonyl (C=O) groups is 2. The fraction of sp³-hybridized carbons (Fsp3) is 0.304. The van der Waals surface area contributed by atoms with Gasteiger partial charge in [0.15, 0.2) is 6.10 Å². The maximum absolute atomic E-state index is 12.6. The normalized spacial score (nSPS) is 12.0. The molecule has 0 saturated carbocycles. The third kappa shape index (κ3) is 4.56. The topological polar surface area (TPSA) is 101 Å². The van der Waals surface area contributed by atoms with Gasteiger partial charge in [0.05, 0.1) is 17.5 Å². The van der Waals surface area contributed by atoms with Gasteiger partial charge in [0, 0.05) is 11.1 Å². The molecule has 7 nitrogen and oxygen atoms in total. The lowest BCUT2D eigenvalue weighted by molar-refractivity contribution is -0.152. The van der Waals surface area contributed by atoms with Crippen LogP contribution in [0.1, 0.15) is 43.5 Å². The molecule has 1 atom stereocenters. The number of rotatable bonds is 6. The highest BCUT2D eigenvalue weighted by molar-refractivity contribution is 5.96. The molecule has 0 aliphatic heterocycles. The van der Waals surface area contributed by atoms with E-state index >= 15 is 0 Å². The first-order valence-electron chi connectivity index (χ1n) is 9.84. The average molecular weight is 407 g/mol. The van der Waals surface area contributed by atoms with Gasteiger partial charge in [0.2, 0.25) is 0 Å². The van der Waals surface area contributed by atoms with Gasteiger partial charge in [-0.25, -0.2) is 5.10 Å². The molecule has 0 fully saturated rings. The molecule has 7 heteroatoms. The number of amides is 1. The van der Waals surface area contributed by atoms with Crippen LogP contribution in [0.3, 0.4) is 0 Å². The van der Waals surface area contributed by atoms with Crippen LogP contribution in [-0.2, 0) is 20.7 Å². The largest absolute Gasteiger partial charge is 0.452 e. The van der Waals surface area contributed by atoms with E-state index in [9.17, 15) is 14.4 Å². The monoisotopic (exact) mass is 407 g/mol. The fourth-order valence-corrected chi connectivity index (χ4v) is 3.30. The van der Waals surface area contributed by atoms with Gasteiger partial charge in [-0.3, -0.25) is 14.4 Å². The van der Waals surface area contributed by atoms with Gasteiger partial charge in [-0.15, -0.1) is 0 Å². The molecular formula is C23H25N3O4. The van der Waals surface area contributed by atoms with Gasteiger partial charge < -0.3 is 10.1 Å². The summed E-state index contributed by atoms with van der Waals surface area (Å²) in [6, 6.07) is 12.7. The minimum atomic E-state index is -0.980. The van der Waals surface area contributed by atoms with Gasteiger partial charge in [-0.2, -0.15) is 5.10 Å². The summed E-state index contributed by atoms with van der Waals surface area (Å²) in [4.78, 5) is 36.9. The molecule has 1 aromatic heterocycles. The van der Waals surface area contributed by atoms with Gasteiger partial charge >= 0.3 is 5.97 Å². The Balaban J connectivity index is 1.71. The van der Waals surface area contributed by atoms with Gasteiger partial charge in [-0.1, -0.05) is 50.2 Å². The smallest absolute Gasteiger partial charge is 0.312 e. The number of benzene rings is 2. The molecule has 0 spiro atoms. The Labute approximate surface area is 174 Å². The molecule has 0 saturated heterocycles. The number of esters is 1. The molecule has 0 bridgehead atoms. The van der Waals surface area contributed by atoms with E-state index in [4.69, 9.17) is 4.74 Å². The first-order chi connectivity index (χ1) is 14.3. The minimum Gasteiger partial charge on any atom is -0.452 e. The molecule has 2 aromatic carbocycles. The first kappa shape index (κ1) is 21.2. The number of aromatic amines is 1. The number of ether oxygens (including phenoxy) is 1. The number of nitrogens with zero attached hydrogens (tertiary/aromatic N) is 1. The summed E-state index contributed by atoms with van der Waals surface area (Å²) in [6.45, 7) is 7.55. The van der Waals surface area contributed by atoms with E-state index < -0.39 is 18.0 Å². The summed E-state index contributed by atoms with van der Waals surface area (Å²) in [5.74, 6) is -0.771. The second kappa shape index (κ2) is 8.90. The van der Waals surface area contributed by atoms with Gasteiger partial charge in [-0.05, 0) is 37.0 Å². The van der Waals surface area contributed by atoms with E-state index in [1.165, 1.54) is 6.92 Å². The Morgan fingerprint density at radius 3 is 2.47 bits per heavy atom. The Bertz CT molecular complexity index is 1150. The standard InChI is InChI=1S/C23H25N3O4/c1-13(2)16-11-7-8-14(3)21(16)24-22(28)15(4)30-20(27)12-19-17-9-5-6-10-18(17)23(29)26-25-19/h5-11,13,15H,12H2,1-4H3,(H,24,28)(H,26,29)/t15-/m0/s1. The molecule has 1 heterocycles.